The van der Waals surface area contributed by atoms with Crippen LogP contribution in [0.15, 0.2) is 66.7 Å². The van der Waals surface area contributed by atoms with E-state index >= 15 is 0 Å². The SMILES string of the molecule is COc1cccc(CCc2c(CCNCCC(C)CCNCCc3ccccc3)ccc(OC)c2OC)c1. The van der Waals surface area contributed by atoms with Gasteiger partial charge in [-0.25, -0.2) is 0 Å². The van der Waals surface area contributed by atoms with Crippen molar-refractivity contribution in [2.45, 2.75) is 45.4 Å². The van der Waals surface area contributed by atoms with Crippen molar-refractivity contribution in [2.24, 2.45) is 5.92 Å². The molecule has 0 saturated carbocycles. The molecule has 0 fully saturated rings. The molecule has 0 aliphatic rings. The Morgan fingerprint density at radius 1 is 0.632 bits per heavy atom. The molecule has 2 N–H and O–H groups in total. The topological polar surface area (TPSA) is 51.8 Å². The summed E-state index contributed by atoms with van der Waals surface area (Å²) in [5.41, 5.74) is 5.19. The Balaban J connectivity index is 1.42. The van der Waals surface area contributed by atoms with Gasteiger partial charge in [-0.1, -0.05) is 55.5 Å². The molecule has 0 radical (unpaired) electrons. The summed E-state index contributed by atoms with van der Waals surface area (Å²) < 4.78 is 16.8. The van der Waals surface area contributed by atoms with Gasteiger partial charge < -0.3 is 24.8 Å². The van der Waals surface area contributed by atoms with Gasteiger partial charge in [0.05, 0.1) is 21.3 Å². The maximum absolute atomic E-state index is 5.80. The standard InChI is InChI=1S/C33H46N2O3/c1-26(17-21-34-23-19-27-9-6-5-7-10-27)18-22-35-24-20-29-14-16-32(37-3)33(38-4)31(29)15-13-28-11-8-12-30(25-28)36-2/h5-12,14,16,25-26,34-35H,13,15,17-24H2,1-4H3. The first-order valence-electron chi connectivity index (χ1n) is 14.0. The molecule has 0 saturated heterocycles. The third-order valence-corrected chi connectivity index (χ3v) is 7.18. The molecule has 3 aromatic carbocycles. The predicted octanol–water partition coefficient (Wildman–Crippen LogP) is 5.88. The van der Waals surface area contributed by atoms with E-state index in [4.69, 9.17) is 14.2 Å². The lowest BCUT2D eigenvalue weighted by atomic mass is 9.96. The van der Waals surface area contributed by atoms with Crippen LogP contribution in [0.2, 0.25) is 0 Å². The fourth-order valence-electron chi connectivity index (χ4n) is 4.83. The van der Waals surface area contributed by atoms with Crippen LogP contribution in [0.1, 0.15) is 42.0 Å². The van der Waals surface area contributed by atoms with Gasteiger partial charge in [-0.15, -0.1) is 0 Å². The van der Waals surface area contributed by atoms with Gasteiger partial charge in [0.15, 0.2) is 11.5 Å². The number of rotatable bonds is 18. The molecule has 1 unspecified atom stereocenters. The minimum Gasteiger partial charge on any atom is -0.497 e. The van der Waals surface area contributed by atoms with E-state index in [1.165, 1.54) is 35.1 Å². The Morgan fingerprint density at radius 3 is 2.03 bits per heavy atom. The largest absolute Gasteiger partial charge is 0.497 e. The second-order valence-electron chi connectivity index (χ2n) is 9.96. The third-order valence-electron chi connectivity index (χ3n) is 7.18. The molecule has 0 spiro atoms. The zero-order chi connectivity index (χ0) is 27.0. The van der Waals surface area contributed by atoms with Crippen LogP contribution in [-0.4, -0.2) is 47.5 Å². The molecule has 0 aliphatic carbocycles. The molecular formula is C33H46N2O3. The molecule has 3 rings (SSSR count). The molecule has 38 heavy (non-hydrogen) atoms. The summed E-state index contributed by atoms with van der Waals surface area (Å²) in [5, 5.41) is 7.26. The number of hydrogen-bond acceptors (Lipinski definition) is 5. The monoisotopic (exact) mass is 518 g/mol. The summed E-state index contributed by atoms with van der Waals surface area (Å²) in [5.74, 6) is 3.23. The average Bonchev–Trinajstić information content (AvgIpc) is 2.96. The van der Waals surface area contributed by atoms with Crippen LogP contribution in [0.4, 0.5) is 0 Å². The van der Waals surface area contributed by atoms with Gasteiger partial charge in [0, 0.05) is 5.56 Å². The van der Waals surface area contributed by atoms with Crippen molar-refractivity contribution in [2.75, 3.05) is 47.5 Å². The van der Waals surface area contributed by atoms with E-state index in [9.17, 15) is 0 Å². The second-order valence-corrected chi connectivity index (χ2v) is 9.96. The smallest absolute Gasteiger partial charge is 0.164 e. The van der Waals surface area contributed by atoms with Crippen LogP contribution in [-0.2, 0) is 25.7 Å². The van der Waals surface area contributed by atoms with Crippen molar-refractivity contribution in [1.82, 2.24) is 10.6 Å². The number of aryl methyl sites for hydroxylation is 1. The van der Waals surface area contributed by atoms with Crippen LogP contribution >= 0.6 is 0 Å². The normalized spacial score (nSPS) is 11.8. The van der Waals surface area contributed by atoms with Gasteiger partial charge in [-0.05, 0) is 106 Å². The minimum atomic E-state index is 0.700. The van der Waals surface area contributed by atoms with E-state index in [2.05, 4.69) is 66.1 Å². The molecule has 0 heterocycles. The maximum Gasteiger partial charge on any atom is 0.164 e. The molecule has 3 aromatic rings. The van der Waals surface area contributed by atoms with Gasteiger partial charge in [0.25, 0.3) is 0 Å². The molecule has 0 bridgehead atoms. The zero-order valence-electron chi connectivity index (χ0n) is 23.7. The van der Waals surface area contributed by atoms with Crippen LogP contribution in [0.3, 0.4) is 0 Å². The van der Waals surface area contributed by atoms with Crippen LogP contribution in [0, 0.1) is 5.92 Å². The number of benzene rings is 3. The molecule has 0 aromatic heterocycles. The minimum absolute atomic E-state index is 0.700. The van der Waals surface area contributed by atoms with Gasteiger partial charge in [-0.2, -0.15) is 0 Å². The number of ether oxygens (including phenoxy) is 3. The van der Waals surface area contributed by atoms with E-state index in [1.807, 2.05) is 18.2 Å². The van der Waals surface area contributed by atoms with Gasteiger partial charge in [0.2, 0.25) is 0 Å². The Labute approximate surface area is 229 Å². The van der Waals surface area contributed by atoms with E-state index < -0.39 is 0 Å². The molecule has 0 aliphatic heterocycles. The highest BCUT2D eigenvalue weighted by Crippen LogP contribution is 2.34. The highest BCUT2D eigenvalue weighted by atomic mass is 16.5. The van der Waals surface area contributed by atoms with E-state index in [1.54, 1.807) is 21.3 Å². The summed E-state index contributed by atoms with van der Waals surface area (Å²) in [6.07, 6.45) is 6.25. The van der Waals surface area contributed by atoms with Gasteiger partial charge in [-0.3, -0.25) is 0 Å². The highest BCUT2D eigenvalue weighted by Gasteiger charge is 2.15. The molecule has 1 atom stereocenters. The van der Waals surface area contributed by atoms with Crippen molar-refractivity contribution in [3.05, 3.63) is 89.0 Å². The van der Waals surface area contributed by atoms with Crippen molar-refractivity contribution >= 4 is 0 Å². The van der Waals surface area contributed by atoms with Crippen molar-refractivity contribution < 1.29 is 14.2 Å². The van der Waals surface area contributed by atoms with Gasteiger partial charge in [0.1, 0.15) is 5.75 Å². The van der Waals surface area contributed by atoms with Crippen LogP contribution in [0.5, 0.6) is 17.2 Å². The first-order chi connectivity index (χ1) is 18.6. The Morgan fingerprint density at radius 2 is 1.34 bits per heavy atom. The number of hydrogen-bond donors (Lipinski definition) is 2. The second kappa shape index (κ2) is 16.7. The number of methoxy groups -OCH3 is 3. The number of nitrogens with one attached hydrogen (secondary N) is 2. The fourth-order valence-corrected chi connectivity index (χ4v) is 4.83. The molecule has 206 valence electrons. The van der Waals surface area contributed by atoms with Crippen molar-refractivity contribution in [3.8, 4) is 17.2 Å². The zero-order valence-corrected chi connectivity index (χ0v) is 23.7. The summed E-state index contributed by atoms with van der Waals surface area (Å²) in [6.45, 7) is 6.46. The first kappa shape index (κ1) is 29.5. The summed E-state index contributed by atoms with van der Waals surface area (Å²) in [7, 11) is 5.14. The van der Waals surface area contributed by atoms with E-state index in [0.717, 1.165) is 69.1 Å². The quantitative estimate of drug-likeness (QED) is 0.206. The third kappa shape index (κ3) is 9.70. The van der Waals surface area contributed by atoms with E-state index in [0.29, 0.717) is 5.92 Å². The summed E-state index contributed by atoms with van der Waals surface area (Å²) in [6, 6.07) is 23.2. The Hall–Kier alpha value is -3.02. The van der Waals surface area contributed by atoms with Crippen LogP contribution < -0.4 is 24.8 Å². The van der Waals surface area contributed by atoms with Crippen molar-refractivity contribution in [1.29, 1.82) is 0 Å². The Kier molecular flexibility index (Phi) is 13.0. The summed E-state index contributed by atoms with van der Waals surface area (Å²) in [4.78, 5) is 0. The molecule has 5 heteroatoms. The lowest BCUT2D eigenvalue weighted by Crippen LogP contribution is -2.23. The maximum atomic E-state index is 5.80. The Bertz CT molecular complexity index is 1070. The van der Waals surface area contributed by atoms with E-state index in [-0.39, 0.29) is 0 Å². The fraction of sp³-hybridized carbons (Fsp3) is 0.455. The van der Waals surface area contributed by atoms with Crippen LogP contribution in [0.25, 0.3) is 0 Å². The molecular weight excluding hydrogens is 472 g/mol. The highest BCUT2D eigenvalue weighted by molar-refractivity contribution is 5.51. The molecule has 0 amide bonds. The van der Waals surface area contributed by atoms with Crippen molar-refractivity contribution in [3.63, 3.8) is 0 Å². The lowest BCUT2D eigenvalue weighted by molar-refractivity contribution is 0.351. The first-order valence-corrected chi connectivity index (χ1v) is 14.0. The average molecular weight is 519 g/mol. The summed E-state index contributed by atoms with van der Waals surface area (Å²) >= 11 is 0. The predicted molar refractivity (Wildman–Crippen MR) is 158 cm³/mol. The lowest BCUT2D eigenvalue weighted by Gasteiger charge is -2.18. The molecule has 5 nitrogen and oxygen atoms in total. The van der Waals surface area contributed by atoms with Gasteiger partial charge >= 0.3 is 0 Å².